The van der Waals surface area contributed by atoms with Gasteiger partial charge in [0.2, 0.25) is 0 Å². The Morgan fingerprint density at radius 1 is 0.745 bits per heavy atom. The fourth-order valence-corrected chi connectivity index (χ4v) is 9.95. The minimum atomic E-state index is 0.158. The van der Waals surface area contributed by atoms with Crippen LogP contribution in [0.4, 0.5) is 28.4 Å². The zero-order chi connectivity index (χ0) is 31.3. The first-order valence-electron chi connectivity index (χ1n) is 17.1. The van der Waals surface area contributed by atoms with E-state index in [1.807, 2.05) is 0 Å². The molecule has 5 unspecified atom stereocenters. The molecule has 0 N–H and O–H groups in total. The summed E-state index contributed by atoms with van der Waals surface area (Å²) in [6, 6.07) is 40.7. The van der Waals surface area contributed by atoms with E-state index in [1.165, 1.54) is 50.3 Å². The highest BCUT2D eigenvalue weighted by molar-refractivity contribution is 8.04. The SMILES string of the molecule is CC1CC=CC2SC3=C(CCC=C3)N(c3cccc(N4c5ccccc5C5C(N(c6ccccc6)c6ccccc6)=CC=CC54)c3)C12. The van der Waals surface area contributed by atoms with Crippen LogP contribution in [0.1, 0.15) is 37.7 Å². The highest BCUT2D eigenvalue weighted by Crippen LogP contribution is 2.54. The minimum Gasteiger partial charge on any atom is -0.339 e. The number of hydrogen-bond acceptors (Lipinski definition) is 4. The standard InChI is InChI=1S/C43H39N3S/c1-30-15-12-28-41-43(30)46(37-24-10-11-27-40(37)47-41)34-21-13-20-33(29-34)45-36-23-9-8-22-35(36)42-38(25-14-26-39(42)45)44(31-16-4-2-5-17-31)32-18-6-3-7-19-32/h2-9,11-14,16-23,25-30,39,41-43H,10,15,24H2,1H3. The second-order valence-electron chi connectivity index (χ2n) is 13.2. The first kappa shape index (κ1) is 28.5. The van der Waals surface area contributed by atoms with Gasteiger partial charge in [-0.05, 0) is 85.4 Å². The van der Waals surface area contributed by atoms with Gasteiger partial charge in [-0.15, -0.1) is 11.8 Å². The summed E-state index contributed by atoms with van der Waals surface area (Å²) in [4.78, 5) is 9.22. The second kappa shape index (κ2) is 11.8. The molecule has 47 heavy (non-hydrogen) atoms. The van der Waals surface area contributed by atoms with Crippen molar-refractivity contribution >= 4 is 40.2 Å². The van der Waals surface area contributed by atoms with E-state index >= 15 is 0 Å². The van der Waals surface area contributed by atoms with E-state index in [4.69, 9.17) is 0 Å². The van der Waals surface area contributed by atoms with Crippen molar-refractivity contribution in [3.8, 4) is 0 Å². The van der Waals surface area contributed by atoms with Gasteiger partial charge in [-0.1, -0.05) is 104 Å². The third-order valence-electron chi connectivity index (χ3n) is 10.4. The maximum absolute atomic E-state index is 2.73. The van der Waals surface area contributed by atoms with Crippen molar-refractivity contribution in [3.63, 3.8) is 0 Å². The molecule has 0 aromatic heterocycles. The maximum atomic E-state index is 2.73. The lowest BCUT2D eigenvalue weighted by Gasteiger charge is -2.48. The lowest BCUT2D eigenvalue weighted by Crippen LogP contribution is -2.49. The Balaban J connectivity index is 1.15. The van der Waals surface area contributed by atoms with Gasteiger partial charge < -0.3 is 14.7 Å². The van der Waals surface area contributed by atoms with Crippen molar-refractivity contribution in [2.75, 3.05) is 14.7 Å². The van der Waals surface area contributed by atoms with Gasteiger partial charge in [0, 0.05) is 50.0 Å². The molecule has 232 valence electrons. The van der Waals surface area contributed by atoms with Gasteiger partial charge in [-0.3, -0.25) is 0 Å². The molecule has 0 fully saturated rings. The predicted molar refractivity (Wildman–Crippen MR) is 200 cm³/mol. The number of thioether (sulfide) groups is 1. The molecule has 3 nitrogen and oxygen atoms in total. The predicted octanol–water partition coefficient (Wildman–Crippen LogP) is 11.0. The Bertz CT molecular complexity index is 1920. The molecule has 2 aliphatic heterocycles. The van der Waals surface area contributed by atoms with Crippen LogP contribution in [0.2, 0.25) is 0 Å². The van der Waals surface area contributed by atoms with Gasteiger partial charge in [-0.25, -0.2) is 0 Å². The molecule has 2 heterocycles. The number of anilines is 5. The van der Waals surface area contributed by atoms with Crippen LogP contribution >= 0.6 is 11.8 Å². The quantitative estimate of drug-likeness (QED) is 0.203. The van der Waals surface area contributed by atoms with Gasteiger partial charge in [0.05, 0.1) is 18.0 Å². The zero-order valence-corrected chi connectivity index (χ0v) is 27.5. The number of nitrogens with zero attached hydrogens (tertiary/aromatic N) is 3. The normalized spacial score (nSPS) is 25.6. The van der Waals surface area contributed by atoms with E-state index in [0.717, 1.165) is 19.3 Å². The molecule has 3 aliphatic carbocycles. The van der Waals surface area contributed by atoms with E-state index in [0.29, 0.717) is 17.2 Å². The molecule has 0 bridgehead atoms. The number of fused-ring (bicyclic) bond motifs is 4. The summed E-state index contributed by atoms with van der Waals surface area (Å²) in [6.07, 6.45) is 19.9. The van der Waals surface area contributed by atoms with E-state index in [-0.39, 0.29) is 12.0 Å². The third kappa shape index (κ3) is 4.81. The Labute approximate surface area is 282 Å². The van der Waals surface area contributed by atoms with E-state index in [2.05, 4.69) is 185 Å². The van der Waals surface area contributed by atoms with Crippen LogP contribution in [0.15, 0.2) is 168 Å². The van der Waals surface area contributed by atoms with E-state index in [1.54, 1.807) is 0 Å². The van der Waals surface area contributed by atoms with Crippen molar-refractivity contribution in [1.29, 1.82) is 0 Å². The second-order valence-corrected chi connectivity index (χ2v) is 14.5. The summed E-state index contributed by atoms with van der Waals surface area (Å²) < 4.78 is 0. The number of allylic oxidation sites excluding steroid dienone is 6. The van der Waals surface area contributed by atoms with Crippen molar-refractivity contribution in [2.45, 2.75) is 49.4 Å². The van der Waals surface area contributed by atoms with Crippen molar-refractivity contribution in [3.05, 3.63) is 174 Å². The summed E-state index contributed by atoms with van der Waals surface area (Å²) >= 11 is 2.07. The molecule has 0 saturated carbocycles. The third-order valence-corrected chi connectivity index (χ3v) is 11.8. The molecule has 0 amide bonds. The summed E-state index contributed by atoms with van der Waals surface area (Å²) in [5.41, 5.74) is 10.4. The average Bonchev–Trinajstić information content (AvgIpc) is 3.47. The van der Waals surface area contributed by atoms with Gasteiger partial charge in [-0.2, -0.15) is 0 Å². The molecule has 0 spiro atoms. The van der Waals surface area contributed by atoms with Gasteiger partial charge >= 0.3 is 0 Å². The molecule has 5 atom stereocenters. The summed E-state index contributed by atoms with van der Waals surface area (Å²) in [5, 5.41) is 0.469. The number of benzene rings is 4. The maximum Gasteiger partial charge on any atom is 0.0650 e. The van der Waals surface area contributed by atoms with Crippen molar-refractivity contribution in [1.82, 2.24) is 0 Å². The van der Waals surface area contributed by atoms with Crippen LogP contribution in [0.5, 0.6) is 0 Å². The van der Waals surface area contributed by atoms with E-state index in [9.17, 15) is 0 Å². The Morgan fingerprint density at radius 3 is 2.26 bits per heavy atom. The molecule has 4 aromatic carbocycles. The summed E-state index contributed by atoms with van der Waals surface area (Å²) in [6.45, 7) is 2.44. The van der Waals surface area contributed by atoms with Crippen LogP contribution in [0.25, 0.3) is 0 Å². The molecule has 0 radical (unpaired) electrons. The molecular weight excluding hydrogens is 591 g/mol. The zero-order valence-electron chi connectivity index (χ0n) is 26.7. The van der Waals surface area contributed by atoms with Crippen LogP contribution in [-0.4, -0.2) is 17.3 Å². The van der Waals surface area contributed by atoms with Crippen molar-refractivity contribution in [2.24, 2.45) is 5.92 Å². The largest absolute Gasteiger partial charge is 0.339 e. The molecule has 4 aromatic rings. The lowest BCUT2D eigenvalue weighted by atomic mass is 9.86. The van der Waals surface area contributed by atoms with Gasteiger partial charge in [0.1, 0.15) is 0 Å². The number of hydrogen-bond donors (Lipinski definition) is 0. The van der Waals surface area contributed by atoms with Gasteiger partial charge in [0.15, 0.2) is 0 Å². The van der Waals surface area contributed by atoms with Crippen molar-refractivity contribution < 1.29 is 0 Å². The molecule has 5 aliphatic rings. The molecule has 9 rings (SSSR count). The fourth-order valence-electron chi connectivity index (χ4n) is 8.43. The summed E-state index contributed by atoms with van der Waals surface area (Å²) in [7, 11) is 0. The van der Waals surface area contributed by atoms with Crippen LogP contribution in [0.3, 0.4) is 0 Å². The average molecular weight is 630 g/mol. The summed E-state index contributed by atoms with van der Waals surface area (Å²) in [5.74, 6) is 0.770. The highest BCUT2D eigenvalue weighted by atomic mass is 32.2. The monoisotopic (exact) mass is 629 g/mol. The Kier molecular flexibility index (Phi) is 7.19. The smallest absolute Gasteiger partial charge is 0.0650 e. The lowest BCUT2D eigenvalue weighted by molar-refractivity contribution is 0.431. The van der Waals surface area contributed by atoms with Crippen LogP contribution in [-0.2, 0) is 0 Å². The Hall–Kier alpha value is -4.67. The highest BCUT2D eigenvalue weighted by Gasteiger charge is 2.44. The molecular formula is C43H39N3S. The van der Waals surface area contributed by atoms with Crippen LogP contribution in [0, 0.1) is 5.92 Å². The molecule has 4 heteroatoms. The first-order chi connectivity index (χ1) is 23.3. The number of rotatable bonds is 5. The van der Waals surface area contributed by atoms with Crippen LogP contribution < -0.4 is 14.7 Å². The molecule has 0 saturated heterocycles. The minimum absolute atomic E-state index is 0.158. The van der Waals surface area contributed by atoms with Gasteiger partial charge in [0.25, 0.3) is 0 Å². The topological polar surface area (TPSA) is 9.72 Å². The van der Waals surface area contributed by atoms with E-state index < -0.39 is 0 Å². The number of para-hydroxylation sites is 3. The fraction of sp³-hybridized carbons (Fsp3) is 0.209. The Morgan fingerprint density at radius 2 is 1.47 bits per heavy atom. The first-order valence-corrected chi connectivity index (χ1v) is 17.9.